The van der Waals surface area contributed by atoms with Gasteiger partial charge < -0.3 is 11.1 Å². The first-order valence-electron chi connectivity index (χ1n) is 3.64. The lowest BCUT2D eigenvalue weighted by atomic mass is 10.3. The van der Waals surface area contributed by atoms with E-state index in [4.69, 9.17) is 21.9 Å². The molecule has 0 aromatic heterocycles. The fraction of sp³-hybridized carbons (Fsp3) is 0. The molecule has 0 heterocycles. The van der Waals surface area contributed by atoms with Crippen LogP contribution in [0.5, 0.6) is 0 Å². The third kappa shape index (κ3) is 3.31. The van der Waals surface area contributed by atoms with E-state index in [1.807, 2.05) is 0 Å². The summed E-state index contributed by atoms with van der Waals surface area (Å²) in [4.78, 5) is -0.398. The van der Waals surface area contributed by atoms with Crippen LogP contribution in [0.4, 0.5) is 5.69 Å². The third-order valence-electron chi connectivity index (χ3n) is 1.48. The standard InChI is InChI=1S/C7H7ClN2O3S2/c8-5-2-1-4(10-7(9)14)3-6(5)15(11,12)13/h1-3H,(H3,9,10,14)(H,11,12,13). The molecule has 4 N–H and O–H groups in total. The second-order valence-corrected chi connectivity index (χ2v) is 4.85. The van der Waals surface area contributed by atoms with Gasteiger partial charge in [0.05, 0.1) is 5.02 Å². The molecule has 0 bridgehead atoms. The van der Waals surface area contributed by atoms with Crippen LogP contribution >= 0.6 is 23.8 Å². The smallest absolute Gasteiger partial charge is 0.296 e. The highest BCUT2D eigenvalue weighted by Crippen LogP contribution is 2.24. The summed E-state index contributed by atoms with van der Waals surface area (Å²) in [6, 6.07) is 3.93. The van der Waals surface area contributed by atoms with Crippen LogP contribution in [0.15, 0.2) is 23.1 Å². The molecule has 0 aliphatic heterocycles. The minimum atomic E-state index is -4.35. The van der Waals surface area contributed by atoms with Gasteiger partial charge in [-0.15, -0.1) is 0 Å². The Labute approximate surface area is 97.0 Å². The van der Waals surface area contributed by atoms with E-state index >= 15 is 0 Å². The van der Waals surface area contributed by atoms with Crippen LogP contribution in [0.2, 0.25) is 5.02 Å². The monoisotopic (exact) mass is 266 g/mol. The lowest BCUT2D eigenvalue weighted by Crippen LogP contribution is -2.19. The Bertz CT molecular complexity index is 501. The maximum absolute atomic E-state index is 10.9. The van der Waals surface area contributed by atoms with E-state index < -0.39 is 15.0 Å². The first-order valence-corrected chi connectivity index (χ1v) is 5.87. The quantitative estimate of drug-likeness (QED) is 0.551. The number of thiocarbonyl (C=S) groups is 1. The molecule has 0 spiro atoms. The van der Waals surface area contributed by atoms with Crippen molar-refractivity contribution >= 4 is 44.7 Å². The fourth-order valence-electron chi connectivity index (χ4n) is 0.921. The summed E-state index contributed by atoms with van der Waals surface area (Å²) < 4.78 is 30.6. The van der Waals surface area contributed by atoms with Gasteiger partial charge in [-0.05, 0) is 30.4 Å². The average molecular weight is 267 g/mol. The van der Waals surface area contributed by atoms with E-state index in [1.54, 1.807) is 0 Å². The molecule has 82 valence electrons. The maximum atomic E-state index is 10.9. The maximum Gasteiger partial charge on any atom is 0.296 e. The van der Waals surface area contributed by atoms with Gasteiger partial charge in [-0.2, -0.15) is 8.42 Å². The second-order valence-electron chi connectivity index (χ2n) is 2.61. The van der Waals surface area contributed by atoms with Crippen molar-refractivity contribution < 1.29 is 13.0 Å². The Morgan fingerprint density at radius 1 is 1.53 bits per heavy atom. The summed E-state index contributed by atoms with van der Waals surface area (Å²) in [6.07, 6.45) is 0. The van der Waals surface area contributed by atoms with Crippen LogP contribution in [0.3, 0.4) is 0 Å². The predicted octanol–water partition coefficient (Wildman–Crippen LogP) is 1.24. The number of rotatable bonds is 2. The van der Waals surface area contributed by atoms with E-state index in [0.29, 0.717) is 5.69 Å². The van der Waals surface area contributed by atoms with Crippen molar-refractivity contribution in [2.24, 2.45) is 5.73 Å². The molecule has 15 heavy (non-hydrogen) atoms. The van der Waals surface area contributed by atoms with Gasteiger partial charge in [-0.1, -0.05) is 11.6 Å². The second kappa shape index (κ2) is 4.31. The van der Waals surface area contributed by atoms with Crippen LogP contribution in [-0.4, -0.2) is 18.1 Å². The van der Waals surface area contributed by atoms with Crippen LogP contribution in [0.1, 0.15) is 0 Å². The molecule has 0 fully saturated rings. The summed E-state index contributed by atoms with van der Waals surface area (Å²) in [5, 5.41) is 2.43. The first-order chi connectivity index (χ1) is 6.80. The van der Waals surface area contributed by atoms with Gasteiger partial charge >= 0.3 is 0 Å². The molecule has 0 saturated heterocycles. The molecule has 0 saturated carbocycles. The Morgan fingerprint density at radius 3 is 2.60 bits per heavy atom. The minimum absolute atomic E-state index is 0.0152. The largest absolute Gasteiger partial charge is 0.376 e. The zero-order valence-corrected chi connectivity index (χ0v) is 9.66. The summed E-state index contributed by atoms with van der Waals surface area (Å²) in [7, 11) is -4.35. The lowest BCUT2D eigenvalue weighted by Gasteiger charge is -2.06. The van der Waals surface area contributed by atoms with Crippen LogP contribution in [-0.2, 0) is 10.1 Å². The normalized spacial score (nSPS) is 11.1. The SMILES string of the molecule is NC(=S)Nc1ccc(Cl)c(S(=O)(=O)O)c1. The molecule has 0 unspecified atom stereocenters. The number of anilines is 1. The van der Waals surface area contributed by atoms with Gasteiger partial charge in [0, 0.05) is 5.69 Å². The third-order valence-corrected chi connectivity index (χ3v) is 2.91. The van der Waals surface area contributed by atoms with Crippen LogP contribution < -0.4 is 11.1 Å². The summed E-state index contributed by atoms with van der Waals surface area (Å²) in [5.41, 5.74) is 5.53. The first kappa shape index (κ1) is 12.2. The molecule has 1 aromatic carbocycles. The molecule has 0 radical (unpaired) electrons. The van der Waals surface area contributed by atoms with Gasteiger partial charge in [-0.25, -0.2) is 0 Å². The molecule has 8 heteroatoms. The van der Waals surface area contributed by atoms with Gasteiger partial charge in [0.15, 0.2) is 5.11 Å². The number of hydrogen-bond acceptors (Lipinski definition) is 3. The number of nitrogens with two attached hydrogens (primary N) is 1. The molecule has 0 aliphatic carbocycles. The Morgan fingerprint density at radius 2 is 2.13 bits per heavy atom. The van der Waals surface area contributed by atoms with Crippen molar-refractivity contribution in [2.75, 3.05) is 5.32 Å². The van der Waals surface area contributed by atoms with E-state index in [-0.39, 0.29) is 10.1 Å². The lowest BCUT2D eigenvalue weighted by molar-refractivity contribution is 0.483. The molecule has 5 nitrogen and oxygen atoms in total. The van der Waals surface area contributed by atoms with Crippen molar-refractivity contribution in [1.29, 1.82) is 0 Å². The average Bonchev–Trinajstić information content (AvgIpc) is 2.05. The van der Waals surface area contributed by atoms with Crippen molar-refractivity contribution in [3.8, 4) is 0 Å². The Kier molecular flexibility index (Phi) is 3.50. The van der Waals surface area contributed by atoms with Crippen molar-refractivity contribution in [1.82, 2.24) is 0 Å². The zero-order chi connectivity index (χ0) is 11.6. The molecular formula is C7H7ClN2O3S2. The summed E-state index contributed by atoms with van der Waals surface area (Å²) >= 11 is 10.2. The van der Waals surface area contributed by atoms with Crippen LogP contribution in [0.25, 0.3) is 0 Å². The zero-order valence-electron chi connectivity index (χ0n) is 7.27. The molecule has 0 amide bonds. The number of hydrogen-bond donors (Lipinski definition) is 3. The molecule has 1 rings (SSSR count). The molecular weight excluding hydrogens is 260 g/mol. The van der Waals surface area contributed by atoms with E-state index in [0.717, 1.165) is 6.07 Å². The highest BCUT2D eigenvalue weighted by atomic mass is 35.5. The summed E-state index contributed by atoms with van der Waals surface area (Å²) in [6.45, 7) is 0. The van der Waals surface area contributed by atoms with Gasteiger partial charge in [0.1, 0.15) is 4.90 Å². The number of nitrogens with one attached hydrogen (secondary N) is 1. The van der Waals surface area contributed by atoms with E-state index in [2.05, 4.69) is 17.5 Å². The number of benzene rings is 1. The molecule has 1 aromatic rings. The highest BCUT2D eigenvalue weighted by molar-refractivity contribution is 7.86. The van der Waals surface area contributed by atoms with Crippen molar-refractivity contribution in [3.63, 3.8) is 0 Å². The van der Waals surface area contributed by atoms with E-state index in [9.17, 15) is 8.42 Å². The Hall–Kier alpha value is -0.890. The van der Waals surface area contributed by atoms with Gasteiger partial charge in [0.2, 0.25) is 0 Å². The molecule has 0 atom stereocenters. The van der Waals surface area contributed by atoms with Gasteiger partial charge in [0.25, 0.3) is 10.1 Å². The topological polar surface area (TPSA) is 92.4 Å². The predicted molar refractivity (Wildman–Crippen MR) is 61.7 cm³/mol. The fourth-order valence-corrected chi connectivity index (χ4v) is 2.04. The van der Waals surface area contributed by atoms with E-state index in [1.165, 1.54) is 12.1 Å². The number of halogens is 1. The minimum Gasteiger partial charge on any atom is -0.376 e. The van der Waals surface area contributed by atoms with Crippen molar-refractivity contribution in [3.05, 3.63) is 23.2 Å². The Balaban J connectivity index is 3.23. The van der Waals surface area contributed by atoms with Gasteiger partial charge in [-0.3, -0.25) is 4.55 Å². The van der Waals surface area contributed by atoms with Crippen molar-refractivity contribution in [2.45, 2.75) is 4.90 Å². The molecule has 0 aliphatic rings. The van der Waals surface area contributed by atoms with Crippen LogP contribution in [0, 0.1) is 0 Å². The summed E-state index contributed by atoms with van der Waals surface area (Å²) in [5.74, 6) is 0. The highest BCUT2D eigenvalue weighted by Gasteiger charge is 2.14.